The number of benzene rings is 1. The molecule has 1 aromatic carbocycles. The average Bonchev–Trinajstić information content (AvgIpc) is 3.10. The summed E-state index contributed by atoms with van der Waals surface area (Å²) in [6.07, 6.45) is 0.645. The lowest BCUT2D eigenvalue weighted by molar-refractivity contribution is 0.0319. The summed E-state index contributed by atoms with van der Waals surface area (Å²) in [5.41, 5.74) is 7.22. The summed E-state index contributed by atoms with van der Waals surface area (Å²) in [5.74, 6) is -1.16. The molecule has 3 aromatic rings. The number of nitrogens with zero attached hydrogens (tertiary/aromatic N) is 1. The number of anilines is 1. The fraction of sp³-hybridized carbons (Fsp3) is 0.188. The molecule has 0 bridgehead atoms. The number of carbonyl (C=O) groups excluding carboxylic acids is 2. The molecule has 0 aliphatic heterocycles. The standard InChI is InChI=1S/C16H15N3O4/c1-8-13(15(17)23-19-8)16(21)22-9(2)14(20)11-7-18-12-6-4-3-5-10(11)12/h3-7,9,18H,17H2,1-2H3. The fourth-order valence-electron chi connectivity index (χ4n) is 2.40. The number of para-hydroxylation sites is 1. The van der Waals surface area contributed by atoms with Crippen LogP contribution in [0, 0.1) is 6.92 Å². The van der Waals surface area contributed by atoms with Crippen LogP contribution in [0.3, 0.4) is 0 Å². The van der Waals surface area contributed by atoms with Crippen molar-refractivity contribution in [3.8, 4) is 0 Å². The Balaban J connectivity index is 1.82. The molecule has 118 valence electrons. The number of aryl methyl sites for hydroxylation is 1. The minimum atomic E-state index is -0.963. The lowest BCUT2D eigenvalue weighted by atomic mass is 10.1. The number of aromatic nitrogens is 2. The van der Waals surface area contributed by atoms with E-state index in [2.05, 4.69) is 10.1 Å². The molecule has 1 atom stereocenters. The zero-order valence-corrected chi connectivity index (χ0v) is 12.6. The van der Waals surface area contributed by atoms with Crippen LogP contribution in [0.15, 0.2) is 35.0 Å². The van der Waals surface area contributed by atoms with Gasteiger partial charge in [0.2, 0.25) is 11.7 Å². The summed E-state index contributed by atoms with van der Waals surface area (Å²) >= 11 is 0. The van der Waals surface area contributed by atoms with E-state index in [9.17, 15) is 9.59 Å². The second kappa shape index (κ2) is 5.60. The van der Waals surface area contributed by atoms with Gasteiger partial charge in [-0.15, -0.1) is 0 Å². The normalized spacial score (nSPS) is 12.3. The molecule has 0 radical (unpaired) electrons. The molecule has 0 spiro atoms. The van der Waals surface area contributed by atoms with Crippen LogP contribution >= 0.6 is 0 Å². The average molecular weight is 313 g/mol. The van der Waals surface area contributed by atoms with Gasteiger partial charge in [-0.2, -0.15) is 0 Å². The van der Waals surface area contributed by atoms with E-state index in [1.807, 2.05) is 24.3 Å². The van der Waals surface area contributed by atoms with E-state index in [4.69, 9.17) is 15.0 Å². The number of fused-ring (bicyclic) bond motifs is 1. The number of ether oxygens (including phenoxy) is 1. The molecule has 7 heteroatoms. The highest BCUT2D eigenvalue weighted by molar-refractivity contribution is 6.10. The number of rotatable bonds is 4. The number of hydrogen-bond acceptors (Lipinski definition) is 6. The molecule has 0 saturated carbocycles. The first-order valence-electron chi connectivity index (χ1n) is 7.02. The Morgan fingerprint density at radius 1 is 1.35 bits per heavy atom. The second-order valence-electron chi connectivity index (χ2n) is 5.17. The van der Waals surface area contributed by atoms with E-state index in [0.717, 1.165) is 10.9 Å². The van der Waals surface area contributed by atoms with Gasteiger partial charge in [0.15, 0.2) is 6.10 Å². The van der Waals surface area contributed by atoms with Crippen molar-refractivity contribution in [2.24, 2.45) is 0 Å². The van der Waals surface area contributed by atoms with Gasteiger partial charge in [-0.1, -0.05) is 23.4 Å². The van der Waals surface area contributed by atoms with Crippen LogP contribution in [0.5, 0.6) is 0 Å². The summed E-state index contributed by atoms with van der Waals surface area (Å²) in [7, 11) is 0. The van der Waals surface area contributed by atoms with E-state index in [-0.39, 0.29) is 17.2 Å². The lowest BCUT2D eigenvalue weighted by Gasteiger charge is -2.11. The van der Waals surface area contributed by atoms with Gasteiger partial charge in [-0.05, 0) is 19.9 Å². The van der Waals surface area contributed by atoms with Crippen molar-refractivity contribution < 1.29 is 18.8 Å². The van der Waals surface area contributed by atoms with Crippen LogP contribution in [-0.4, -0.2) is 28.0 Å². The van der Waals surface area contributed by atoms with E-state index in [0.29, 0.717) is 11.3 Å². The molecular weight excluding hydrogens is 298 g/mol. The predicted molar refractivity (Wildman–Crippen MR) is 83.2 cm³/mol. The Hall–Kier alpha value is -3.09. The molecule has 0 aliphatic rings. The monoisotopic (exact) mass is 313 g/mol. The number of esters is 1. The molecule has 0 fully saturated rings. The number of aromatic amines is 1. The van der Waals surface area contributed by atoms with Gasteiger partial charge in [-0.3, -0.25) is 4.79 Å². The highest BCUT2D eigenvalue weighted by atomic mass is 16.5. The maximum absolute atomic E-state index is 12.5. The quantitative estimate of drug-likeness (QED) is 0.565. The van der Waals surface area contributed by atoms with Gasteiger partial charge >= 0.3 is 5.97 Å². The van der Waals surface area contributed by atoms with Gasteiger partial charge in [-0.25, -0.2) is 4.79 Å². The highest BCUT2D eigenvalue weighted by Crippen LogP contribution is 2.22. The van der Waals surface area contributed by atoms with Crippen LogP contribution in [-0.2, 0) is 4.74 Å². The smallest absolute Gasteiger partial charge is 0.346 e. The minimum absolute atomic E-state index is 0.0450. The summed E-state index contributed by atoms with van der Waals surface area (Å²) in [4.78, 5) is 27.7. The minimum Gasteiger partial charge on any atom is -0.450 e. The van der Waals surface area contributed by atoms with Crippen LogP contribution in [0.1, 0.15) is 33.3 Å². The van der Waals surface area contributed by atoms with Crippen molar-refractivity contribution in [3.05, 3.63) is 47.3 Å². The van der Waals surface area contributed by atoms with Gasteiger partial charge in [0.25, 0.3) is 0 Å². The topological polar surface area (TPSA) is 111 Å². The number of ketones is 1. The fourth-order valence-corrected chi connectivity index (χ4v) is 2.40. The van der Waals surface area contributed by atoms with Crippen molar-refractivity contribution in [1.82, 2.24) is 10.1 Å². The van der Waals surface area contributed by atoms with Crippen LogP contribution in [0.2, 0.25) is 0 Å². The first-order chi connectivity index (χ1) is 11.0. The molecule has 0 amide bonds. The third-order valence-corrected chi connectivity index (χ3v) is 3.60. The molecule has 7 nitrogen and oxygen atoms in total. The second-order valence-corrected chi connectivity index (χ2v) is 5.17. The predicted octanol–water partition coefficient (Wildman–Crippen LogP) is 2.47. The van der Waals surface area contributed by atoms with Gasteiger partial charge in [0.1, 0.15) is 5.56 Å². The Morgan fingerprint density at radius 2 is 2.09 bits per heavy atom. The van der Waals surface area contributed by atoms with Gasteiger partial charge < -0.3 is 20.0 Å². The summed E-state index contributed by atoms with van der Waals surface area (Å²) in [6, 6.07) is 7.40. The number of nitrogen functional groups attached to an aromatic ring is 1. The number of H-pyrrole nitrogens is 1. The van der Waals surface area contributed by atoms with Gasteiger partial charge in [0.05, 0.1) is 5.69 Å². The number of hydrogen-bond donors (Lipinski definition) is 2. The zero-order chi connectivity index (χ0) is 16.6. The summed E-state index contributed by atoms with van der Waals surface area (Å²) in [5, 5.41) is 4.37. The maximum atomic E-state index is 12.5. The number of carbonyl (C=O) groups is 2. The first kappa shape index (κ1) is 14.8. The Kier molecular flexibility index (Phi) is 3.61. The van der Waals surface area contributed by atoms with Crippen molar-refractivity contribution in [2.75, 3.05) is 5.73 Å². The maximum Gasteiger partial charge on any atom is 0.346 e. The largest absolute Gasteiger partial charge is 0.450 e. The van der Waals surface area contributed by atoms with Gasteiger partial charge in [0, 0.05) is 22.7 Å². The molecule has 2 heterocycles. The molecule has 0 saturated heterocycles. The zero-order valence-electron chi connectivity index (χ0n) is 12.6. The lowest BCUT2D eigenvalue weighted by Crippen LogP contribution is -2.24. The Labute approximate surface area is 131 Å². The van der Waals surface area contributed by atoms with Crippen LogP contribution < -0.4 is 5.73 Å². The molecule has 2 aromatic heterocycles. The van der Waals surface area contributed by atoms with Crippen LogP contribution in [0.25, 0.3) is 10.9 Å². The van der Waals surface area contributed by atoms with E-state index >= 15 is 0 Å². The highest BCUT2D eigenvalue weighted by Gasteiger charge is 2.26. The van der Waals surface area contributed by atoms with Crippen molar-refractivity contribution in [2.45, 2.75) is 20.0 Å². The number of Topliss-reactive ketones (excluding diaryl/α,β-unsaturated/α-hetero) is 1. The Morgan fingerprint density at radius 3 is 2.78 bits per heavy atom. The number of nitrogens with two attached hydrogens (primary N) is 1. The van der Waals surface area contributed by atoms with Crippen molar-refractivity contribution in [1.29, 1.82) is 0 Å². The van der Waals surface area contributed by atoms with Crippen molar-refractivity contribution >= 4 is 28.5 Å². The first-order valence-corrected chi connectivity index (χ1v) is 7.02. The van der Waals surface area contributed by atoms with E-state index < -0.39 is 12.1 Å². The summed E-state index contributed by atoms with van der Waals surface area (Å²) < 4.78 is 9.93. The molecule has 3 rings (SSSR count). The molecular formula is C16H15N3O4. The molecule has 23 heavy (non-hydrogen) atoms. The third-order valence-electron chi connectivity index (χ3n) is 3.60. The molecule has 0 aliphatic carbocycles. The van der Waals surface area contributed by atoms with Crippen molar-refractivity contribution in [3.63, 3.8) is 0 Å². The molecule has 1 unspecified atom stereocenters. The summed E-state index contributed by atoms with van der Waals surface area (Å²) in [6.45, 7) is 3.09. The molecule has 3 N–H and O–H groups in total. The van der Waals surface area contributed by atoms with E-state index in [1.165, 1.54) is 6.92 Å². The van der Waals surface area contributed by atoms with E-state index in [1.54, 1.807) is 13.1 Å². The SMILES string of the molecule is Cc1noc(N)c1C(=O)OC(C)C(=O)c1c[nH]c2ccccc12. The van der Waals surface area contributed by atoms with Crippen LogP contribution in [0.4, 0.5) is 5.88 Å². The third kappa shape index (κ3) is 2.57. The number of nitrogens with one attached hydrogen (secondary N) is 1. The Bertz CT molecular complexity index is 874.